The number of aromatic hydroxyl groups is 4. The monoisotopic (exact) mass is 476 g/mol. The van der Waals surface area contributed by atoms with E-state index >= 15 is 0 Å². The number of aliphatic hydroxyl groups is 2. The first kappa shape index (κ1) is 23.2. The van der Waals surface area contributed by atoms with E-state index in [4.69, 9.17) is 18.6 Å². The number of hydrogen-bond donors (Lipinski definition) is 6. The number of benzene rings is 2. The van der Waals surface area contributed by atoms with Crippen LogP contribution in [0.25, 0.3) is 22.3 Å². The minimum absolute atomic E-state index is 0.0495. The van der Waals surface area contributed by atoms with Gasteiger partial charge in [0.25, 0.3) is 0 Å². The van der Waals surface area contributed by atoms with Crippen LogP contribution in [-0.2, 0) is 14.3 Å². The number of rotatable bonds is 5. The van der Waals surface area contributed by atoms with Crippen molar-refractivity contribution in [2.45, 2.75) is 31.5 Å². The van der Waals surface area contributed by atoms with Crippen LogP contribution in [0, 0.1) is 0 Å². The second-order valence-corrected chi connectivity index (χ2v) is 7.54. The van der Waals surface area contributed by atoms with Crippen molar-refractivity contribution in [3.63, 3.8) is 0 Å². The standard InChI is InChI=1S/C22H20O12/c1-8(24)31-21-17(29)15(7-23)33-22(21)34-20-18(30)16-13(28)5-10(25)6-14(16)32-19(20)9-2-3-11(26)12(27)4-9/h2-6,15,17,21-23,25-29H,7H2,1H3/t15-,17-,21+,22-/m0/s1. The van der Waals surface area contributed by atoms with Crippen LogP contribution < -0.4 is 10.2 Å². The van der Waals surface area contributed by atoms with Crippen molar-refractivity contribution < 1.29 is 54.1 Å². The van der Waals surface area contributed by atoms with Gasteiger partial charge in [-0.3, -0.25) is 9.59 Å². The van der Waals surface area contributed by atoms with E-state index in [2.05, 4.69) is 0 Å². The molecule has 0 unspecified atom stereocenters. The van der Waals surface area contributed by atoms with Crippen LogP contribution in [0.3, 0.4) is 0 Å². The van der Waals surface area contributed by atoms with Crippen LogP contribution in [0.15, 0.2) is 39.5 Å². The molecule has 2 heterocycles. The molecule has 0 bridgehead atoms. The molecule has 6 N–H and O–H groups in total. The van der Waals surface area contributed by atoms with Crippen molar-refractivity contribution in [3.8, 4) is 40.1 Å². The Kier molecular flexibility index (Phi) is 5.96. The molecule has 0 aliphatic carbocycles. The van der Waals surface area contributed by atoms with Crippen molar-refractivity contribution in [2.24, 2.45) is 0 Å². The highest BCUT2D eigenvalue weighted by Gasteiger charge is 2.48. The van der Waals surface area contributed by atoms with Crippen molar-refractivity contribution in [3.05, 3.63) is 40.6 Å². The van der Waals surface area contributed by atoms with Gasteiger partial charge in [0, 0.05) is 24.6 Å². The van der Waals surface area contributed by atoms with Gasteiger partial charge in [-0.05, 0) is 18.2 Å². The van der Waals surface area contributed by atoms with Crippen molar-refractivity contribution >= 4 is 16.9 Å². The zero-order chi connectivity index (χ0) is 24.7. The van der Waals surface area contributed by atoms with Gasteiger partial charge in [0.2, 0.25) is 17.5 Å². The average molecular weight is 476 g/mol. The summed E-state index contributed by atoms with van der Waals surface area (Å²) >= 11 is 0. The van der Waals surface area contributed by atoms with E-state index in [1.807, 2.05) is 0 Å². The average Bonchev–Trinajstić information content (AvgIpc) is 3.05. The smallest absolute Gasteiger partial charge is 0.303 e. The fraction of sp³-hybridized carbons (Fsp3) is 0.273. The highest BCUT2D eigenvalue weighted by atomic mass is 16.7. The molecule has 1 aliphatic heterocycles. The predicted octanol–water partition coefficient (Wildman–Crippen LogP) is 0.671. The van der Waals surface area contributed by atoms with Crippen LogP contribution in [-0.4, -0.2) is 67.8 Å². The SMILES string of the molecule is CC(=O)O[C@H]1[C@H](Oc2c(-c3ccc(O)c(O)c3)oc3cc(O)cc(O)c3c2=O)O[C@@H](CO)[C@@H]1O. The topological polar surface area (TPSA) is 196 Å². The molecular weight excluding hydrogens is 456 g/mol. The largest absolute Gasteiger partial charge is 0.508 e. The molecule has 4 rings (SSSR count). The molecule has 0 amide bonds. The predicted molar refractivity (Wildman–Crippen MR) is 113 cm³/mol. The summed E-state index contributed by atoms with van der Waals surface area (Å²) < 4.78 is 21.9. The molecular formula is C22H20O12. The first-order chi connectivity index (χ1) is 16.1. The lowest BCUT2D eigenvalue weighted by atomic mass is 10.1. The molecule has 3 aromatic rings. The van der Waals surface area contributed by atoms with E-state index in [1.54, 1.807) is 0 Å². The minimum atomic E-state index is -1.57. The molecule has 1 aromatic heterocycles. The van der Waals surface area contributed by atoms with E-state index in [9.17, 15) is 40.2 Å². The number of phenols is 4. The molecule has 180 valence electrons. The van der Waals surface area contributed by atoms with Crippen LogP contribution >= 0.6 is 0 Å². The second-order valence-electron chi connectivity index (χ2n) is 7.54. The highest BCUT2D eigenvalue weighted by molar-refractivity contribution is 5.88. The normalized spacial score (nSPS) is 22.1. The van der Waals surface area contributed by atoms with E-state index in [-0.39, 0.29) is 22.3 Å². The van der Waals surface area contributed by atoms with Crippen molar-refractivity contribution in [1.29, 1.82) is 0 Å². The number of esters is 1. The van der Waals surface area contributed by atoms with Gasteiger partial charge >= 0.3 is 5.97 Å². The Morgan fingerprint density at radius 1 is 1.06 bits per heavy atom. The maximum absolute atomic E-state index is 13.3. The van der Waals surface area contributed by atoms with Crippen LogP contribution in [0.5, 0.6) is 28.7 Å². The summed E-state index contributed by atoms with van der Waals surface area (Å²) in [5.41, 5.74) is -1.10. The van der Waals surface area contributed by atoms with Crippen LogP contribution in [0.2, 0.25) is 0 Å². The van der Waals surface area contributed by atoms with E-state index in [0.717, 1.165) is 31.2 Å². The molecule has 34 heavy (non-hydrogen) atoms. The summed E-state index contributed by atoms with van der Waals surface area (Å²) in [5.74, 6) is -3.67. The Morgan fingerprint density at radius 3 is 2.44 bits per heavy atom. The van der Waals surface area contributed by atoms with Gasteiger partial charge in [-0.15, -0.1) is 0 Å². The van der Waals surface area contributed by atoms with Gasteiger partial charge in [-0.1, -0.05) is 0 Å². The maximum Gasteiger partial charge on any atom is 0.303 e. The lowest BCUT2D eigenvalue weighted by Gasteiger charge is -2.21. The number of fused-ring (bicyclic) bond motifs is 1. The number of ether oxygens (including phenoxy) is 3. The number of carbonyl (C=O) groups is 1. The molecule has 0 spiro atoms. The first-order valence-electron chi connectivity index (χ1n) is 9.94. The minimum Gasteiger partial charge on any atom is -0.508 e. The summed E-state index contributed by atoms with van der Waals surface area (Å²) in [6.45, 7) is 0.430. The lowest BCUT2D eigenvalue weighted by molar-refractivity contribution is -0.165. The third-order valence-corrected chi connectivity index (χ3v) is 5.17. The first-order valence-corrected chi connectivity index (χ1v) is 9.94. The third-order valence-electron chi connectivity index (χ3n) is 5.17. The van der Waals surface area contributed by atoms with Crippen molar-refractivity contribution in [1.82, 2.24) is 0 Å². The molecule has 12 nitrogen and oxygen atoms in total. The quantitative estimate of drug-likeness (QED) is 0.223. The van der Waals surface area contributed by atoms with Crippen LogP contribution in [0.4, 0.5) is 0 Å². The molecule has 0 saturated carbocycles. The lowest BCUT2D eigenvalue weighted by Crippen LogP contribution is -2.40. The Labute approximate surface area is 190 Å². The molecule has 4 atom stereocenters. The number of hydrogen-bond acceptors (Lipinski definition) is 12. The van der Waals surface area contributed by atoms with Crippen molar-refractivity contribution in [2.75, 3.05) is 6.61 Å². The molecule has 1 saturated heterocycles. The Morgan fingerprint density at radius 2 is 1.79 bits per heavy atom. The van der Waals surface area contributed by atoms with Gasteiger partial charge in [0.05, 0.1) is 6.61 Å². The van der Waals surface area contributed by atoms with Gasteiger partial charge in [-0.25, -0.2) is 0 Å². The fourth-order valence-corrected chi connectivity index (χ4v) is 3.61. The molecule has 12 heteroatoms. The Bertz CT molecular complexity index is 1310. The summed E-state index contributed by atoms with van der Waals surface area (Å²) in [7, 11) is 0. The summed E-state index contributed by atoms with van der Waals surface area (Å²) in [4.78, 5) is 24.9. The molecule has 1 fully saturated rings. The summed E-state index contributed by atoms with van der Waals surface area (Å²) in [5, 5.41) is 59.0. The van der Waals surface area contributed by atoms with E-state index in [0.29, 0.717) is 0 Å². The molecule has 1 aliphatic rings. The third kappa shape index (κ3) is 4.05. The van der Waals surface area contributed by atoms with E-state index in [1.165, 1.54) is 6.07 Å². The maximum atomic E-state index is 13.3. The zero-order valence-corrected chi connectivity index (χ0v) is 17.5. The Balaban J connectivity index is 1.91. The summed E-state index contributed by atoms with van der Waals surface area (Å²) in [6, 6.07) is 5.47. The van der Waals surface area contributed by atoms with E-state index < -0.39 is 71.4 Å². The van der Waals surface area contributed by atoms with Gasteiger partial charge in [0.1, 0.15) is 34.7 Å². The number of aliphatic hydroxyl groups excluding tert-OH is 2. The highest BCUT2D eigenvalue weighted by Crippen LogP contribution is 2.39. The summed E-state index contributed by atoms with van der Waals surface area (Å²) in [6.07, 6.45) is -5.69. The fourth-order valence-electron chi connectivity index (χ4n) is 3.61. The molecule has 0 radical (unpaired) electrons. The molecule has 2 aromatic carbocycles. The van der Waals surface area contributed by atoms with Gasteiger partial charge in [-0.2, -0.15) is 0 Å². The zero-order valence-electron chi connectivity index (χ0n) is 17.5. The van der Waals surface area contributed by atoms with Gasteiger partial charge < -0.3 is 49.3 Å². The number of carbonyl (C=O) groups excluding carboxylic acids is 1. The second kappa shape index (κ2) is 8.74. The van der Waals surface area contributed by atoms with Crippen LogP contribution in [0.1, 0.15) is 6.92 Å². The van der Waals surface area contributed by atoms with Gasteiger partial charge in [0.15, 0.2) is 23.4 Å². The number of phenolic OH excluding ortho intramolecular Hbond substituents is 4. The Hall–Kier alpha value is -4.00.